The highest BCUT2D eigenvalue weighted by Crippen LogP contribution is 2.25. The first-order chi connectivity index (χ1) is 7.61. The lowest BCUT2D eigenvalue weighted by Gasteiger charge is -2.22. The van der Waals surface area contributed by atoms with Gasteiger partial charge in [-0.1, -0.05) is 79.6 Å². The van der Waals surface area contributed by atoms with Gasteiger partial charge < -0.3 is 0 Å². The first-order valence-electron chi connectivity index (χ1n) is 7.61. The van der Waals surface area contributed by atoms with E-state index < -0.39 is 0 Å². The van der Waals surface area contributed by atoms with Gasteiger partial charge in [0.2, 0.25) is 0 Å². The van der Waals surface area contributed by atoms with Crippen molar-refractivity contribution in [2.75, 3.05) is 0 Å². The minimum atomic E-state index is 0.914. The van der Waals surface area contributed by atoms with Crippen molar-refractivity contribution < 1.29 is 0 Å². The summed E-state index contributed by atoms with van der Waals surface area (Å²) in [6.45, 7) is 11.9. The molecule has 0 N–H and O–H groups in total. The second-order valence-corrected chi connectivity index (χ2v) is 5.91. The van der Waals surface area contributed by atoms with Crippen LogP contribution in [0, 0.1) is 17.8 Å². The molecule has 0 fully saturated rings. The van der Waals surface area contributed by atoms with Crippen molar-refractivity contribution >= 4 is 0 Å². The summed E-state index contributed by atoms with van der Waals surface area (Å²) in [4.78, 5) is 0. The van der Waals surface area contributed by atoms with Crippen molar-refractivity contribution in [3.05, 3.63) is 0 Å². The Labute approximate surface area is 104 Å². The van der Waals surface area contributed by atoms with Gasteiger partial charge in [0.05, 0.1) is 0 Å². The van der Waals surface area contributed by atoms with Crippen LogP contribution in [0.25, 0.3) is 0 Å². The molecular weight excluding hydrogens is 192 g/mol. The van der Waals surface area contributed by atoms with Crippen molar-refractivity contribution in [2.24, 2.45) is 17.8 Å². The maximum absolute atomic E-state index is 2.45. The van der Waals surface area contributed by atoms with Gasteiger partial charge in [-0.25, -0.2) is 0 Å². The third-order valence-corrected chi connectivity index (χ3v) is 4.21. The van der Waals surface area contributed by atoms with E-state index >= 15 is 0 Å². The summed E-state index contributed by atoms with van der Waals surface area (Å²) >= 11 is 0. The van der Waals surface area contributed by atoms with E-state index in [1.807, 2.05) is 0 Å². The molecule has 0 saturated heterocycles. The van der Waals surface area contributed by atoms with Crippen LogP contribution in [-0.4, -0.2) is 0 Å². The molecule has 0 heterocycles. The molecule has 0 aliphatic heterocycles. The Kier molecular flexibility index (Phi) is 10.2. The van der Waals surface area contributed by atoms with E-state index in [0.29, 0.717) is 0 Å². The van der Waals surface area contributed by atoms with Gasteiger partial charge in [-0.2, -0.15) is 0 Å². The van der Waals surface area contributed by atoms with E-state index in [1.54, 1.807) is 0 Å². The van der Waals surface area contributed by atoms with Crippen LogP contribution in [0.4, 0.5) is 0 Å². The van der Waals surface area contributed by atoms with Crippen molar-refractivity contribution in [3.8, 4) is 0 Å². The van der Waals surface area contributed by atoms with E-state index in [9.17, 15) is 0 Å². The molecule has 3 atom stereocenters. The molecule has 3 unspecified atom stereocenters. The highest BCUT2D eigenvalue weighted by Gasteiger charge is 2.14. The molecule has 0 rings (SSSR count). The van der Waals surface area contributed by atoms with Gasteiger partial charge in [-0.05, 0) is 24.2 Å². The average Bonchev–Trinajstić information content (AvgIpc) is 2.28. The van der Waals surface area contributed by atoms with Gasteiger partial charge in [-0.15, -0.1) is 0 Å². The minimum absolute atomic E-state index is 0.914. The Morgan fingerprint density at radius 3 is 1.94 bits per heavy atom. The minimum Gasteiger partial charge on any atom is -0.0654 e. The van der Waals surface area contributed by atoms with Crippen LogP contribution < -0.4 is 0 Å². The van der Waals surface area contributed by atoms with E-state index in [2.05, 4.69) is 34.6 Å². The van der Waals surface area contributed by atoms with Gasteiger partial charge in [0.15, 0.2) is 0 Å². The molecule has 0 heteroatoms. The van der Waals surface area contributed by atoms with Crippen LogP contribution in [0.15, 0.2) is 0 Å². The van der Waals surface area contributed by atoms with Gasteiger partial charge >= 0.3 is 0 Å². The van der Waals surface area contributed by atoms with Gasteiger partial charge in [0, 0.05) is 0 Å². The van der Waals surface area contributed by atoms with Crippen LogP contribution in [0.1, 0.15) is 86.0 Å². The van der Waals surface area contributed by atoms with Crippen LogP contribution in [0.3, 0.4) is 0 Å². The quantitative estimate of drug-likeness (QED) is 0.397. The van der Waals surface area contributed by atoms with Crippen molar-refractivity contribution in [2.45, 2.75) is 86.0 Å². The van der Waals surface area contributed by atoms with Crippen molar-refractivity contribution in [1.29, 1.82) is 0 Å². The van der Waals surface area contributed by atoms with E-state index in [0.717, 1.165) is 17.8 Å². The normalized spacial score (nSPS) is 17.1. The molecule has 0 aromatic heterocycles. The smallest absolute Gasteiger partial charge is 0.0414 e. The fourth-order valence-electron chi connectivity index (χ4n) is 2.39. The molecule has 0 spiro atoms. The Morgan fingerprint density at radius 2 is 1.38 bits per heavy atom. The molecule has 98 valence electrons. The Bertz CT molecular complexity index is 139. The molecule has 0 aliphatic carbocycles. The Hall–Kier alpha value is 0. The van der Waals surface area contributed by atoms with Gasteiger partial charge in [-0.3, -0.25) is 0 Å². The lowest BCUT2D eigenvalue weighted by Crippen LogP contribution is -2.11. The van der Waals surface area contributed by atoms with Crippen LogP contribution >= 0.6 is 0 Å². The summed E-state index contributed by atoms with van der Waals surface area (Å²) in [7, 11) is 0. The lowest BCUT2D eigenvalue weighted by molar-refractivity contribution is 0.289. The van der Waals surface area contributed by atoms with Crippen LogP contribution in [0.5, 0.6) is 0 Å². The third kappa shape index (κ3) is 8.19. The fourth-order valence-corrected chi connectivity index (χ4v) is 2.39. The molecule has 0 aromatic carbocycles. The SMILES string of the molecule is CCCCCCCC(C)C(C)CC(C)CC. The predicted octanol–water partition coefficient (Wildman–Crippen LogP) is 6.06. The number of unbranched alkanes of at least 4 members (excludes halogenated alkanes) is 4. The molecule has 0 radical (unpaired) electrons. The average molecular weight is 226 g/mol. The predicted molar refractivity (Wildman–Crippen MR) is 75.8 cm³/mol. The van der Waals surface area contributed by atoms with Crippen molar-refractivity contribution in [1.82, 2.24) is 0 Å². The Morgan fingerprint density at radius 1 is 0.750 bits per heavy atom. The molecule has 0 saturated carbocycles. The first kappa shape index (κ1) is 16.0. The highest BCUT2D eigenvalue weighted by atomic mass is 14.2. The molecule has 0 nitrogen and oxygen atoms in total. The topological polar surface area (TPSA) is 0 Å². The maximum Gasteiger partial charge on any atom is -0.0414 e. The van der Waals surface area contributed by atoms with Gasteiger partial charge in [0.25, 0.3) is 0 Å². The second-order valence-electron chi connectivity index (χ2n) is 5.91. The van der Waals surface area contributed by atoms with Crippen LogP contribution in [-0.2, 0) is 0 Å². The molecule has 0 amide bonds. The summed E-state index contributed by atoms with van der Waals surface area (Å²) in [6.07, 6.45) is 11.3. The monoisotopic (exact) mass is 226 g/mol. The zero-order valence-electron chi connectivity index (χ0n) is 12.4. The molecule has 0 aliphatic rings. The largest absolute Gasteiger partial charge is 0.0654 e. The number of rotatable bonds is 10. The second kappa shape index (κ2) is 10.2. The Balaban J connectivity index is 3.51. The zero-order chi connectivity index (χ0) is 12.4. The van der Waals surface area contributed by atoms with E-state index in [-0.39, 0.29) is 0 Å². The summed E-state index contributed by atoms with van der Waals surface area (Å²) < 4.78 is 0. The first-order valence-corrected chi connectivity index (χ1v) is 7.61. The van der Waals surface area contributed by atoms with Crippen molar-refractivity contribution in [3.63, 3.8) is 0 Å². The molecule has 0 bridgehead atoms. The summed E-state index contributed by atoms with van der Waals surface area (Å²) in [5, 5.41) is 0. The standard InChI is InChI=1S/C16H34/c1-6-8-9-10-11-12-15(4)16(5)13-14(3)7-2/h14-16H,6-13H2,1-5H3. The molecule has 16 heavy (non-hydrogen) atoms. The number of hydrogen-bond donors (Lipinski definition) is 0. The number of hydrogen-bond acceptors (Lipinski definition) is 0. The zero-order valence-corrected chi connectivity index (χ0v) is 12.4. The highest BCUT2D eigenvalue weighted by molar-refractivity contribution is 4.65. The van der Waals surface area contributed by atoms with Crippen LogP contribution in [0.2, 0.25) is 0 Å². The van der Waals surface area contributed by atoms with E-state index in [4.69, 9.17) is 0 Å². The molecule has 0 aromatic rings. The summed E-state index contributed by atoms with van der Waals surface area (Å²) in [6, 6.07) is 0. The van der Waals surface area contributed by atoms with E-state index in [1.165, 1.54) is 51.4 Å². The summed E-state index contributed by atoms with van der Waals surface area (Å²) in [5.41, 5.74) is 0. The maximum atomic E-state index is 2.45. The molecular formula is C16H34. The van der Waals surface area contributed by atoms with Gasteiger partial charge in [0.1, 0.15) is 0 Å². The fraction of sp³-hybridized carbons (Fsp3) is 1.00. The summed E-state index contributed by atoms with van der Waals surface area (Å²) in [5.74, 6) is 2.76. The third-order valence-electron chi connectivity index (χ3n) is 4.21. The lowest BCUT2D eigenvalue weighted by atomic mass is 9.84.